The molecule has 1 atom stereocenters. The molecule has 0 saturated carbocycles. The van der Waals surface area contributed by atoms with E-state index in [-0.39, 0.29) is 25.1 Å². The normalized spacial score (nSPS) is 19.8. The number of ether oxygens (including phenoxy) is 1. The van der Waals surface area contributed by atoms with Crippen LogP contribution >= 0.6 is 0 Å². The van der Waals surface area contributed by atoms with Crippen molar-refractivity contribution in [1.82, 2.24) is 9.80 Å². The van der Waals surface area contributed by atoms with Crippen LogP contribution in [0.1, 0.15) is 6.42 Å². The van der Waals surface area contributed by atoms with Gasteiger partial charge in [-0.2, -0.15) is 0 Å². The molecule has 0 aliphatic carbocycles. The number of hydrogen-bond donors (Lipinski definition) is 1. The molecular formula is C11H18N2O4. The summed E-state index contributed by atoms with van der Waals surface area (Å²) in [6.45, 7) is 5.16. The van der Waals surface area contributed by atoms with E-state index in [4.69, 9.17) is 9.84 Å². The number of carboxylic acids is 1. The lowest BCUT2D eigenvalue weighted by Crippen LogP contribution is -2.53. The minimum atomic E-state index is -0.926. The third kappa shape index (κ3) is 3.74. The second-order valence-electron chi connectivity index (χ2n) is 3.97. The first-order valence-corrected chi connectivity index (χ1v) is 5.48. The Balaban J connectivity index is 2.66. The monoisotopic (exact) mass is 242 g/mol. The Hall–Kier alpha value is -1.56. The van der Waals surface area contributed by atoms with Gasteiger partial charge in [-0.1, -0.05) is 6.08 Å². The zero-order valence-electron chi connectivity index (χ0n) is 9.96. The van der Waals surface area contributed by atoms with Crippen LogP contribution in [0.4, 0.5) is 4.79 Å². The topological polar surface area (TPSA) is 70.1 Å². The molecular weight excluding hydrogens is 224 g/mol. The Morgan fingerprint density at radius 2 is 2.35 bits per heavy atom. The number of urea groups is 1. The molecule has 1 N–H and O–H groups in total. The van der Waals surface area contributed by atoms with Crippen molar-refractivity contribution in [2.75, 3.05) is 33.4 Å². The Kier molecular flexibility index (Phi) is 4.96. The average Bonchev–Trinajstić information content (AvgIpc) is 2.28. The third-order valence-corrected chi connectivity index (χ3v) is 2.61. The second-order valence-corrected chi connectivity index (χ2v) is 3.97. The fourth-order valence-electron chi connectivity index (χ4n) is 1.77. The van der Waals surface area contributed by atoms with Crippen molar-refractivity contribution in [1.29, 1.82) is 0 Å². The van der Waals surface area contributed by atoms with Gasteiger partial charge in [0.25, 0.3) is 0 Å². The lowest BCUT2D eigenvalue weighted by Gasteiger charge is -2.37. The maximum atomic E-state index is 12.0. The molecule has 17 heavy (non-hydrogen) atoms. The number of carbonyl (C=O) groups excluding carboxylic acids is 1. The predicted molar refractivity (Wildman–Crippen MR) is 61.8 cm³/mol. The van der Waals surface area contributed by atoms with Crippen LogP contribution < -0.4 is 0 Å². The Labute approximate surface area is 100 Å². The first-order chi connectivity index (χ1) is 8.06. The van der Waals surface area contributed by atoms with Gasteiger partial charge in [0.15, 0.2) is 0 Å². The molecule has 1 saturated heterocycles. The lowest BCUT2D eigenvalue weighted by atomic mass is 10.1. The zero-order valence-corrected chi connectivity index (χ0v) is 9.96. The maximum absolute atomic E-state index is 12.0. The van der Waals surface area contributed by atoms with Gasteiger partial charge in [0.1, 0.15) is 0 Å². The van der Waals surface area contributed by atoms with Crippen molar-refractivity contribution in [2.45, 2.75) is 12.5 Å². The molecule has 1 aliphatic rings. The van der Waals surface area contributed by atoms with Crippen LogP contribution in [0.25, 0.3) is 0 Å². The van der Waals surface area contributed by atoms with E-state index in [1.165, 1.54) is 4.90 Å². The highest BCUT2D eigenvalue weighted by Crippen LogP contribution is 2.12. The summed E-state index contributed by atoms with van der Waals surface area (Å²) in [5.41, 5.74) is 0. The number of amides is 2. The zero-order chi connectivity index (χ0) is 12.8. The second kappa shape index (κ2) is 6.24. The summed E-state index contributed by atoms with van der Waals surface area (Å²) in [4.78, 5) is 25.8. The lowest BCUT2D eigenvalue weighted by molar-refractivity contribution is -0.139. The summed E-state index contributed by atoms with van der Waals surface area (Å²) in [6, 6.07) is -0.569. The molecule has 0 aromatic carbocycles. The van der Waals surface area contributed by atoms with E-state index in [0.29, 0.717) is 19.7 Å². The van der Waals surface area contributed by atoms with Crippen molar-refractivity contribution >= 4 is 12.0 Å². The average molecular weight is 242 g/mol. The number of morpholine rings is 1. The van der Waals surface area contributed by atoms with Gasteiger partial charge < -0.3 is 19.6 Å². The summed E-state index contributed by atoms with van der Waals surface area (Å²) < 4.78 is 5.21. The van der Waals surface area contributed by atoms with Gasteiger partial charge in [0.2, 0.25) is 0 Å². The van der Waals surface area contributed by atoms with Crippen molar-refractivity contribution in [3.63, 3.8) is 0 Å². The van der Waals surface area contributed by atoms with Crippen LogP contribution in [0.3, 0.4) is 0 Å². The summed E-state index contributed by atoms with van der Waals surface area (Å²) in [6.07, 6.45) is 1.54. The van der Waals surface area contributed by atoms with Gasteiger partial charge in [0.05, 0.1) is 25.7 Å². The molecule has 0 bridgehead atoms. The van der Waals surface area contributed by atoms with Crippen LogP contribution in [0.2, 0.25) is 0 Å². The van der Waals surface area contributed by atoms with Gasteiger partial charge >= 0.3 is 12.0 Å². The summed E-state index contributed by atoms with van der Waals surface area (Å²) in [5.74, 6) is -0.926. The third-order valence-electron chi connectivity index (χ3n) is 2.61. The minimum Gasteiger partial charge on any atom is -0.481 e. The van der Waals surface area contributed by atoms with Gasteiger partial charge in [-0.3, -0.25) is 4.79 Å². The smallest absolute Gasteiger partial charge is 0.320 e. The Bertz CT molecular complexity index is 306. The van der Waals surface area contributed by atoms with Crippen molar-refractivity contribution < 1.29 is 19.4 Å². The molecule has 0 radical (unpaired) electrons. The highest BCUT2D eigenvalue weighted by atomic mass is 16.5. The number of likely N-dealkylation sites (N-methyl/N-ethyl adjacent to an activating group) is 1. The molecule has 0 spiro atoms. The number of carbonyl (C=O) groups is 2. The summed E-state index contributed by atoms with van der Waals surface area (Å²) >= 11 is 0. The fraction of sp³-hybridized carbons (Fsp3) is 0.636. The first-order valence-electron chi connectivity index (χ1n) is 5.48. The number of nitrogens with zero attached hydrogens (tertiary/aromatic N) is 2. The van der Waals surface area contributed by atoms with Crippen LogP contribution in [0, 0.1) is 0 Å². The Morgan fingerprint density at radius 1 is 1.65 bits per heavy atom. The molecule has 1 unspecified atom stereocenters. The fourth-order valence-corrected chi connectivity index (χ4v) is 1.77. The van der Waals surface area contributed by atoms with E-state index >= 15 is 0 Å². The molecule has 6 nitrogen and oxygen atoms in total. The molecule has 1 aliphatic heterocycles. The predicted octanol–water partition coefficient (Wildman–Crippen LogP) is 0.400. The molecule has 0 aromatic rings. The number of hydrogen-bond acceptors (Lipinski definition) is 3. The molecule has 2 amide bonds. The number of rotatable bonds is 4. The Morgan fingerprint density at radius 3 is 2.94 bits per heavy atom. The minimum absolute atomic E-state index is 0.0896. The van der Waals surface area contributed by atoms with Gasteiger partial charge in [0, 0.05) is 20.1 Å². The van der Waals surface area contributed by atoms with Crippen molar-refractivity contribution in [2.24, 2.45) is 0 Å². The van der Waals surface area contributed by atoms with Crippen LogP contribution in [0.15, 0.2) is 12.7 Å². The molecule has 1 heterocycles. The number of aliphatic carboxylic acids is 1. The molecule has 1 fully saturated rings. The van der Waals surface area contributed by atoms with Gasteiger partial charge in [-0.25, -0.2) is 4.79 Å². The highest BCUT2D eigenvalue weighted by Gasteiger charge is 2.30. The summed E-state index contributed by atoms with van der Waals surface area (Å²) in [5, 5.41) is 8.78. The van der Waals surface area contributed by atoms with E-state index in [0.717, 1.165) is 0 Å². The van der Waals surface area contributed by atoms with E-state index in [2.05, 4.69) is 6.58 Å². The van der Waals surface area contributed by atoms with E-state index in [1.54, 1.807) is 18.0 Å². The summed E-state index contributed by atoms with van der Waals surface area (Å²) in [7, 11) is 1.66. The SMILES string of the molecule is C=CCN(C)C(=O)N1CCOCC1CC(=O)O. The first kappa shape index (κ1) is 13.5. The van der Waals surface area contributed by atoms with Gasteiger partial charge in [-0.05, 0) is 0 Å². The molecule has 96 valence electrons. The van der Waals surface area contributed by atoms with Crippen LogP contribution in [-0.2, 0) is 9.53 Å². The van der Waals surface area contributed by atoms with E-state index in [9.17, 15) is 9.59 Å². The maximum Gasteiger partial charge on any atom is 0.320 e. The van der Waals surface area contributed by atoms with Crippen LogP contribution in [-0.4, -0.2) is 66.3 Å². The van der Waals surface area contributed by atoms with Crippen molar-refractivity contribution in [3.8, 4) is 0 Å². The molecule has 1 rings (SSSR count). The number of carboxylic acid groups (broad SMARTS) is 1. The quantitative estimate of drug-likeness (QED) is 0.724. The largest absolute Gasteiger partial charge is 0.481 e. The molecule has 6 heteroatoms. The van der Waals surface area contributed by atoms with E-state index in [1.807, 2.05) is 0 Å². The molecule has 0 aromatic heterocycles. The van der Waals surface area contributed by atoms with Crippen LogP contribution in [0.5, 0.6) is 0 Å². The van der Waals surface area contributed by atoms with E-state index < -0.39 is 5.97 Å². The highest BCUT2D eigenvalue weighted by molar-refractivity contribution is 5.76. The standard InChI is InChI=1S/C11H18N2O4/c1-3-4-12(2)11(16)13-5-6-17-8-9(13)7-10(14)15/h3,9H,1,4-8H2,2H3,(H,14,15). The van der Waals surface area contributed by atoms with Gasteiger partial charge in [-0.15, -0.1) is 6.58 Å². The van der Waals surface area contributed by atoms with Crippen molar-refractivity contribution in [3.05, 3.63) is 12.7 Å².